The molecule has 92 valence electrons. The number of H-pyrrole nitrogens is 1. The maximum Gasteiger partial charge on any atom is 0.260 e. The van der Waals surface area contributed by atoms with Crippen LogP contribution in [0.25, 0.3) is 11.1 Å². The second-order valence-corrected chi connectivity index (χ2v) is 4.27. The van der Waals surface area contributed by atoms with Gasteiger partial charge in [0.25, 0.3) is 5.56 Å². The monoisotopic (exact) mass is 283 g/mol. The number of hydrogen-bond donors (Lipinski definition) is 2. The summed E-state index contributed by atoms with van der Waals surface area (Å²) >= 11 is 11.6. The van der Waals surface area contributed by atoms with Crippen molar-refractivity contribution in [2.45, 2.75) is 0 Å². The zero-order valence-electron chi connectivity index (χ0n) is 8.91. The minimum absolute atomic E-state index is 0.0466. The molecule has 0 radical (unpaired) electrons. The fraction of sp³-hybridized carbons (Fsp3) is 0. The van der Waals surface area contributed by atoms with E-state index in [1.807, 2.05) is 0 Å². The van der Waals surface area contributed by atoms with Crippen LogP contribution < -0.4 is 11.3 Å². The number of carbonyl (C=O) groups is 1. The Morgan fingerprint density at radius 2 is 2.00 bits per heavy atom. The number of aldehydes is 1. The topological polar surface area (TPSA) is 88.8 Å². The fourth-order valence-corrected chi connectivity index (χ4v) is 1.82. The largest absolute Gasteiger partial charge is 0.369 e. The van der Waals surface area contributed by atoms with Crippen LogP contribution in [0.1, 0.15) is 10.5 Å². The minimum Gasteiger partial charge on any atom is -0.369 e. The number of hydrogen-bond acceptors (Lipinski definition) is 4. The molecule has 0 amide bonds. The predicted molar refractivity (Wildman–Crippen MR) is 70.1 cm³/mol. The van der Waals surface area contributed by atoms with Crippen LogP contribution in [0.5, 0.6) is 0 Å². The average Bonchev–Trinajstić information content (AvgIpc) is 2.32. The smallest absolute Gasteiger partial charge is 0.260 e. The number of nitrogens with zero attached hydrogens (tertiary/aromatic N) is 1. The highest BCUT2D eigenvalue weighted by Gasteiger charge is 2.13. The number of anilines is 1. The maximum absolute atomic E-state index is 11.8. The van der Waals surface area contributed by atoms with Gasteiger partial charge in [-0.25, -0.2) is 4.98 Å². The Bertz CT molecular complexity index is 682. The normalized spacial score (nSPS) is 10.3. The Labute approximate surface area is 112 Å². The average molecular weight is 284 g/mol. The molecule has 18 heavy (non-hydrogen) atoms. The molecule has 0 spiro atoms. The molecular formula is C11H7Cl2N3O2. The van der Waals surface area contributed by atoms with Gasteiger partial charge in [0.1, 0.15) is 5.69 Å². The van der Waals surface area contributed by atoms with E-state index in [4.69, 9.17) is 28.9 Å². The first-order valence-electron chi connectivity index (χ1n) is 4.83. The van der Waals surface area contributed by atoms with E-state index in [0.29, 0.717) is 16.9 Å². The van der Waals surface area contributed by atoms with Gasteiger partial charge in [-0.15, -0.1) is 0 Å². The number of nitrogens with two attached hydrogens (primary N) is 1. The summed E-state index contributed by atoms with van der Waals surface area (Å²) in [4.78, 5) is 28.8. The van der Waals surface area contributed by atoms with Crippen molar-refractivity contribution in [1.82, 2.24) is 9.97 Å². The summed E-state index contributed by atoms with van der Waals surface area (Å²) in [5, 5.41) is 0.634. The molecule has 0 bridgehead atoms. The first kappa shape index (κ1) is 12.6. The van der Waals surface area contributed by atoms with E-state index in [0.717, 1.165) is 0 Å². The van der Waals surface area contributed by atoms with Crippen LogP contribution in [0.3, 0.4) is 0 Å². The zero-order chi connectivity index (χ0) is 13.3. The summed E-state index contributed by atoms with van der Waals surface area (Å²) < 4.78 is 0. The Balaban J connectivity index is 2.74. The van der Waals surface area contributed by atoms with Crippen LogP contribution in [0.15, 0.2) is 23.0 Å². The van der Waals surface area contributed by atoms with E-state index in [1.165, 1.54) is 12.1 Å². The first-order chi connectivity index (χ1) is 8.52. The molecule has 0 fully saturated rings. The lowest BCUT2D eigenvalue weighted by Gasteiger charge is -2.05. The zero-order valence-corrected chi connectivity index (χ0v) is 10.4. The summed E-state index contributed by atoms with van der Waals surface area (Å²) in [5.74, 6) is -0.120. The first-order valence-corrected chi connectivity index (χ1v) is 5.59. The van der Waals surface area contributed by atoms with Crippen molar-refractivity contribution in [3.05, 3.63) is 44.3 Å². The molecule has 1 aromatic carbocycles. The van der Waals surface area contributed by atoms with E-state index in [9.17, 15) is 9.59 Å². The molecule has 2 rings (SSSR count). The summed E-state index contributed by atoms with van der Waals surface area (Å²) in [6, 6.07) is 4.59. The number of nitrogens with one attached hydrogen (secondary N) is 1. The summed E-state index contributed by atoms with van der Waals surface area (Å²) in [7, 11) is 0. The number of aromatic nitrogens is 2. The third-order valence-electron chi connectivity index (χ3n) is 2.29. The van der Waals surface area contributed by atoms with E-state index in [2.05, 4.69) is 9.97 Å². The van der Waals surface area contributed by atoms with Gasteiger partial charge in [0.15, 0.2) is 6.29 Å². The lowest BCUT2D eigenvalue weighted by atomic mass is 10.1. The number of rotatable bonds is 2. The third kappa shape index (κ3) is 2.23. The van der Waals surface area contributed by atoms with Crippen molar-refractivity contribution in [3.8, 4) is 11.1 Å². The van der Waals surface area contributed by atoms with E-state index >= 15 is 0 Å². The highest BCUT2D eigenvalue weighted by molar-refractivity contribution is 6.42. The van der Waals surface area contributed by atoms with Crippen molar-refractivity contribution in [1.29, 1.82) is 0 Å². The molecule has 0 aliphatic heterocycles. The Morgan fingerprint density at radius 1 is 1.28 bits per heavy atom. The Morgan fingerprint density at radius 3 is 2.61 bits per heavy atom. The van der Waals surface area contributed by atoms with Crippen molar-refractivity contribution < 1.29 is 4.79 Å². The van der Waals surface area contributed by atoms with E-state index in [-0.39, 0.29) is 22.2 Å². The molecular weight excluding hydrogens is 277 g/mol. The molecule has 2 aromatic rings. The van der Waals surface area contributed by atoms with Gasteiger partial charge in [-0.3, -0.25) is 14.6 Å². The van der Waals surface area contributed by atoms with Crippen molar-refractivity contribution >= 4 is 35.4 Å². The Hall–Kier alpha value is -1.85. The summed E-state index contributed by atoms with van der Waals surface area (Å²) in [6.45, 7) is 0. The van der Waals surface area contributed by atoms with Gasteiger partial charge >= 0.3 is 0 Å². The second kappa shape index (κ2) is 4.80. The molecule has 0 unspecified atom stereocenters. The molecule has 0 saturated carbocycles. The molecule has 3 N–H and O–H groups in total. The van der Waals surface area contributed by atoms with Crippen LogP contribution in [0.4, 0.5) is 5.95 Å². The van der Waals surface area contributed by atoms with Gasteiger partial charge in [-0.2, -0.15) is 0 Å². The van der Waals surface area contributed by atoms with Gasteiger partial charge in [0.05, 0.1) is 15.6 Å². The lowest BCUT2D eigenvalue weighted by Crippen LogP contribution is -2.16. The molecule has 0 saturated heterocycles. The number of benzene rings is 1. The number of aromatic amines is 1. The van der Waals surface area contributed by atoms with Crippen LogP contribution in [0, 0.1) is 0 Å². The highest BCUT2D eigenvalue weighted by Crippen LogP contribution is 2.27. The Kier molecular flexibility index (Phi) is 3.36. The molecule has 1 aromatic heterocycles. The van der Waals surface area contributed by atoms with Gasteiger partial charge < -0.3 is 5.73 Å². The fourth-order valence-electron chi connectivity index (χ4n) is 1.52. The van der Waals surface area contributed by atoms with Crippen LogP contribution >= 0.6 is 23.2 Å². The molecule has 7 heteroatoms. The van der Waals surface area contributed by atoms with Gasteiger partial charge in [-0.05, 0) is 17.7 Å². The molecule has 1 heterocycles. The SMILES string of the molecule is Nc1nc(C=O)c(-c2ccc(Cl)c(Cl)c2)c(=O)[nH]1. The van der Waals surface area contributed by atoms with Crippen LogP contribution in [-0.4, -0.2) is 16.3 Å². The van der Waals surface area contributed by atoms with Crippen LogP contribution in [0.2, 0.25) is 10.0 Å². The van der Waals surface area contributed by atoms with Gasteiger partial charge in [-0.1, -0.05) is 29.3 Å². The molecule has 5 nitrogen and oxygen atoms in total. The van der Waals surface area contributed by atoms with E-state index in [1.54, 1.807) is 6.07 Å². The lowest BCUT2D eigenvalue weighted by molar-refractivity contribution is 0.111. The second-order valence-electron chi connectivity index (χ2n) is 3.46. The van der Waals surface area contributed by atoms with Crippen molar-refractivity contribution in [2.75, 3.05) is 5.73 Å². The summed E-state index contributed by atoms with van der Waals surface area (Å²) in [6.07, 6.45) is 0.462. The minimum atomic E-state index is -0.511. The third-order valence-corrected chi connectivity index (χ3v) is 3.02. The van der Waals surface area contributed by atoms with Crippen molar-refractivity contribution in [3.63, 3.8) is 0 Å². The number of nitrogen functional groups attached to an aromatic ring is 1. The number of halogens is 2. The quantitative estimate of drug-likeness (QED) is 0.827. The van der Waals surface area contributed by atoms with E-state index < -0.39 is 5.56 Å². The van der Waals surface area contributed by atoms with Crippen molar-refractivity contribution in [2.24, 2.45) is 0 Å². The molecule has 0 atom stereocenters. The maximum atomic E-state index is 11.8. The molecule has 0 aliphatic carbocycles. The standard InChI is InChI=1S/C11H7Cl2N3O2/c12-6-2-1-5(3-7(6)13)9-8(4-17)15-11(14)16-10(9)18/h1-4H,(H3,14,15,16,18). The van der Waals surface area contributed by atoms with Gasteiger partial charge in [0, 0.05) is 0 Å². The number of carbonyl (C=O) groups excluding carboxylic acids is 1. The highest BCUT2D eigenvalue weighted by atomic mass is 35.5. The van der Waals surface area contributed by atoms with Crippen LogP contribution in [-0.2, 0) is 0 Å². The molecule has 0 aliphatic rings. The summed E-state index contributed by atoms with van der Waals surface area (Å²) in [5.41, 5.74) is 5.36. The predicted octanol–water partition coefficient (Wildman–Crippen LogP) is 2.14. The van der Waals surface area contributed by atoms with Gasteiger partial charge in [0.2, 0.25) is 5.95 Å².